The Hall–Kier alpha value is -1.90. The number of carbonyl (C=O) groups excluding carboxylic acids is 1. The molecule has 2 N–H and O–H groups in total. The minimum absolute atomic E-state index is 0.0638. The number of nitrogens with zero attached hydrogens (tertiary/aromatic N) is 2. The van der Waals surface area contributed by atoms with Crippen LogP contribution < -0.4 is 5.32 Å². The first-order chi connectivity index (χ1) is 9.60. The summed E-state index contributed by atoms with van der Waals surface area (Å²) in [6, 6.07) is 8.62. The molecule has 0 unspecified atom stereocenters. The van der Waals surface area contributed by atoms with Crippen LogP contribution in [0.5, 0.6) is 0 Å². The van der Waals surface area contributed by atoms with Crippen molar-refractivity contribution >= 4 is 11.6 Å². The van der Waals surface area contributed by atoms with Gasteiger partial charge in [-0.3, -0.25) is 9.69 Å². The summed E-state index contributed by atoms with van der Waals surface area (Å²) in [6.07, 6.45) is 1.20. The number of carbonyl (C=O) groups is 1. The van der Waals surface area contributed by atoms with Gasteiger partial charge in [0.05, 0.1) is 23.8 Å². The minimum Gasteiger partial charge on any atom is -0.393 e. The fourth-order valence-corrected chi connectivity index (χ4v) is 2.31. The molecule has 1 saturated heterocycles. The van der Waals surface area contributed by atoms with Crippen molar-refractivity contribution in [2.75, 3.05) is 18.4 Å². The summed E-state index contributed by atoms with van der Waals surface area (Å²) in [7, 11) is 0. The zero-order chi connectivity index (χ0) is 14.5. The monoisotopic (exact) mass is 273 g/mol. The molecule has 1 amide bonds. The van der Waals surface area contributed by atoms with Crippen molar-refractivity contribution in [2.24, 2.45) is 0 Å². The quantitative estimate of drug-likeness (QED) is 0.871. The Morgan fingerprint density at radius 2 is 2.00 bits per heavy atom. The average molecular weight is 273 g/mol. The van der Waals surface area contributed by atoms with E-state index in [9.17, 15) is 9.90 Å². The Bertz CT molecular complexity index is 499. The summed E-state index contributed by atoms with van der Waals surface area (Å²) in [4.78, 5) is 14.2. The van der Waals surface area contributed by atoms with Crippen LogP contribution in [0.25, 0.3) is 0 Å². The van der Waals surface area contributed by atoms with Crippen LogP contribution in [0, 0.1) is 11.3 Å². The Morgan fingerprint density at radius 1 is 1.40 bits per heavy atom. The predicted molar refractivity (Wildman–Crippen MR) is 76.1 cm³/mol. The molecular weight excluding hydrogens is 254 g/mol. The van der Waals surface area contributed by atoms with Crippen molar-refractivity contribution in [2.45, 2.75) is 31.9 Å². The molecule has 0 saturated carbocycles. The highest BCUT2D eigenvalue weighted by Gasteiger charge is 2.25. The van der Waals surface area contributed by atoms with E-state index >= 15 is 0 Å². The van der Waals surface area contributed by atoms with Crippen LogP contribution in [-0.4, -0.2) is 41.1 Å². The first kappa shape index (κ1) is 14.5. The third-order valence-electron chi connectivity index (χ3n) is 3.71. The van der Waals surface area contributed by atoms with E-state index in [1.54, 1.807) is 24.3 Å². The second kappa shape index (κ2) is 6.51. The number of likely N-dealkylation sites (tertiary alicyclic amines) is 1. The lowest BCUT2D eigenvalue weighted by atomic mass is 10.1. The number of aliphatic hydroxyl groups is 1. The number of nitriles is 1. The van der Waals surface area contributed by atoms with Crippen molar-refractivity contribution in [3.8, 4) is 6.07 Å². The number of hydrogen-bond acceptors (Lipinski definition) is 4. The molecular formula is C15H19N3O2. The highest BCUT2D eigenvalue weighted by atomic mass is 16.3. The van der Waals surface area contributed by atoms with Gasteiger partial charge in [-0.15, -0.1) is 0 Å². The van der Waals surface area contributed by atoms with Crippen molar-refractivity contribution in [3.63, 3.8) is 0 Å². The maximum Gasteiger partial charge on any atom is 0.241 e. The van der Waals surface area contributed by atoms with Gasteiger partial charge in [0, 0.05) is 18.8 Å². The number of rotatable bonds is 3. The van der Waals surface area contributed by atoms with Crippen LogP contribution >= 0.6 is 0 Å². The van der Waals surface area contributed by atoms with Crippen LogP contribution in [0.1, 0.15) is 25.3 Å². The van der Waals surface area contributed by atoms with Gasteiger partial charge in [-0.05, 0) is 44.0 Å². The number of amides is 1. The van der Waals surface area contributed by atoms with Crippen LogP contribution in [0.2, 0.25) is 0 Å². The minimum atomic E-state index is -0.236. The van der Waals surface area contributed by atoms with Gasteiger partial charge >= 0.3 is 0 Å². The van der Waals surface area contributed by atoms with Gasteiger partial charge < -0.3 is 10.4 Å². The molecule has 1 aliphatic heterocycles. The molecule has 20 heavy (non-hydrogen) atoms. The zero-order valence-electron chi connectivity index (χ0n) is 11.5. The van der Waals surface area contributed by atoms with Gasteiger partial charge in [0.15, 0.2) is 0 Å². The van der Waals surface area contributed by atoms with E-state index in [4.69, 9.17) is 5.26 Å². The third kappa shape index (κ3) is 3.56. The molecule has 1 fully saturated rings. The van der Waals surface area contributed by atoms with E-state index in [1.807, 2.05) is 13.0 Å². The van der Waals surface area contributed by atoms with Gasteiger partial charge in [-0.1, -0.05) is 0 Å². The van der Waals surface area contributed by atoms with Crippen LogP contribution in [0.15, 0.2) is 24.3 Å². The topological polar surface area (TPSA) is 76.4 Å². The molecule has 1 atom stereocenters. The molecule has 0 spiro atoms. The SMILES string of the molecule is C[C@H](C(=O)Nc1ccc(C#N)cc1)N1CCC(O)CC1. The summed E-state index contributed by atoms with van der Waals surface area (Å²) in [5, 5.41) is 21.1. The van der Waals surface area contributed by atoms with E-state index in [2.05, 4.69) is 10.2 Å². The molecule has 1 aliphatic rings. The van der Waals surface area contributed by atoms with Crippen molar-refractivity contribution in [1.29, 1.82) is 5.26 Å². The Morgan fingerprint density at radius 3 is 2.55 bits per heavy atom. The lowest BCUT2D eigenvalue weighted by Crippen LogP contribution is -2.47. The molecule has 1 aromatic carbocycles. The van der Waals surface area contributed by atoms with Crippen LogP contribution in [-0.2, 0) is 4.79 Å². The molecule has 0 aromatic heterocycles. The van der Waals surface area contributed by atoms with Crippen molar-refractivity contribution in [1.82, 2.24) is 4.90 Å². The van der Waals surface area contributed by atoms with Gasteiger partial charge in [-0.2, -0.15) is 5.26 Å². The molecule has 0 bridgehead atoms. The number of piperidine rings is 1. The molecule has 5 heteroatoms. The van der Waals surface area contributed by atoms with Crippen LogP contribution in [0.4, 0.5) is 5.69 Å². The molecule has 1 aromatic rings. The molecule has 0 radical (unpaired) electrons. The smallest absolute Gasteiger partial charge is 0.241 e. The summed E-state index contributed by atoms with van der Waals surface area (Å²) in [5.41, 5.74) is 1.26. The third-order valence-corrected chi connectivity index (χ3v) is 3.71. The van der Waals surface area contributed by atoms with E-state index in [0.717, 1.165) is 13.1 Å². The number of benzene rings is 1. The first-order valence-electron chi connectivity index (χ1n) is 6.83. The summed E-state index contributed by atoms with van der Waals surface area (Å²) in [5.74, 6) is -0.0638. The molecule has 106 valence electrons. The van der Waals surface area contributed by atoms with E-state index < -0.39 is 0 Å². The highest BCUT2D eigenvalue weighted by Crippen LogP contribution is 2.15. The maximum atomic E-state index is 12.2. The maximum absolute atomic E-state index is 12.2. The standard InChI is InChI=1S/C15H19N3O2/c1-11(18-8-6-14(19)7-9-18)15(20)17-13-4-2-12(10-16)3-5-13/h2-5,11,14,19H,6-9H2,1H3,(H,17,20)/t11-/m1/s1. The lowest BCUT2D eigenvalue weighted by Gasteiger charge is -2.33. The fourth-order valence-electron chi connectivity index (χ4n) is 2.31. The number of nitrogens with one attached hydrogen (secondary N) is 1. The van der Waals surface area contributed by atoms with Gasteiger partial charge in [0.25, 0.3) is 0 Å². The number of aliphatic hydroxyl groups excluding tert-OH is 1. The second-order valence-electron chi connectivity index (χ2n) is 5.12. The largest absolute Gasteiger partial charge is 0.393 e. The Labute approximate surface area is 118 Å². The summed E-state index contributed by atoms with van der Waals surface area (Å²) >= 11 is 0. The Balaban J connectivity index is 1.91. The fraction of sp³-hybridized carbons (Fsp3) is 0.467. The van der Waals surface area contributed by atoms with Crippen molar-refractivity contribution in [3.05, 3.63) is 29.8 Å². The Kier molecular flexibility index (Phi) is 4.72. The predicted octanol–water partition coefficient (Wildman–Crippen LogP) is 1.34. The summed E-state index contributed by atoms with van der Waals surface area (Å²) < 4.78 is 0. The zero-order valence-corrected chi connectivity index (χ0v) is 11.5. The number of hydrogen-bond donors (Lipinski definition) is 2. The van der Waals surface area contributed by atoms with Gasteiger partial charge in [0.1, 0.15) is 0 Å². The molecule has 2 rings (SSSR count). The molecule has 1 heterocycles. The molecule has 5 nitrogen and oxygen atoms in total. The van der Waals surface area contributed by atoms with Crippen molar-refractivity contribution < 1.29 is 9.90 Å². The lowest BCUT2D eigenvalue weighted by molar-refractivity contribution is -0.121. The van der Waals surface area contributed by atoms with E-state index in [-0.39, 0.29) is 18.1 Å². The number of anilines is 1. The summed E-state index contributed by atoms with van der Waals surface area (Å²) in [6.45, 7) is 3.35. The van der Waals surface area contributed by atoms with E-state index in [1.165, 1.54) is 0 Å². The molecule has 0 aliphatic carbocycles. The average Bonchev–Trinajstić information content (AvgIpc) is 2.48. The van der Waals surface area contributed by atoms with Gasteiger partial charge in [0.2, 0.25) is 5.91 Å². The normalized spacial score (nSPS) is 18.2. The van der Waals surface area contributed by atoms with E-state index in [0.29, 0.717) is 24.1 Å². The first-order valence-corrected chi connectivity index (χ1v) is 6.83. The van der Waals surface area contributed by atoms with Gasteiger partial charge in [-0.25, -0.2) is 0 Å². The highest BCUT2D eigenvalue weighted by molar-refractivity contribution is 5.94. The second-order valence-corrected chi connectivity index (χ2v) is 5.12. The van der Waals surface area contributed by atoms with Crippen LogP contribution in [0.3, 0.4) is 0 Å².